The highest BCUT2D eigenvalue weighted by molar-refractivity contribution is 9.10. The molecule has 0 radical (unpaired) electrons. The van der Waals surface area contributed by atoms with Gasteiger partial charge in [0.1, 0.15) is 0 Å². The number of anilines is 1. The number of furan rings is 1. The minimum absolute atomic E-state index is 0.270. The Balaban J connectivity index is 1.66. The summed E-state index contributed by atoms with van der Waals surface area (Å²) in [5.74, 6) is -0.00736. The molecule has 2 aromatic heterocycles. The maximum atomic E-state index is 11.9. The van der Waals surface area contributed by atoms with Gasteiger partial charge in [0.2, 0.25) is 0 Å². The molecule has 1 saturated heterocycles. The molecule has 3 heterocycles. The van der Waals surface area contributed by atoms with Crippen molar-refractivity contribution in [3.8, 4) is 0 Å². The third kappa shape index (κ3) is 2.94. The number of carbonyl (C=O) groups excluding carboxylic acids is 1. The lowest BCUT2D eigenvalue weighted by Gasteiger charge is -2.22. The highest BCUT2D eigenvalue weighted by Crippen LogP contribution is 2.20. The van der Waals surface area contributed by atoms with Gasteiger partial charge in [0.25, 0.3) is 5.91 Å². The minimum Gasteiger partial charge on any atom is -0.444 e. The van der Waals surface area contributed by atoms with E-state index in [-0.39, 0.29) is 11.7 Å². The van der Waals surface area contributed by atoms with Crippen molar-refractivity contribution in [3.63, 3.8) is 0 Å². The molecule has 6 nitrogen and oxygen atoms in total. The molecular formula is C13H15BrN4O2. The third-order valence-corrected chi connectivity index (χ3v) is 3.77. The molecular weight excluding hydrogens is 324 g/mol. The zero-order valence-corrected chi connectivity index (χ0v) is 12.4. The van der Waals surface area contributed by atoms with Gasteiger partial charge < -0.3 is 15.1 Å². The van der Waals surface area contributed by atoms with Gasteiger partial charge in [-0.15, -0.1) is 0 Å². The fourth-order valence-electron chi connectivity index (χ4n) is 2.30. The van der Waals surface area contributed by atoms with Crippen LogP contribution in [0.25, 0.3) is 0 Å². The Kier molecular flexibility index (Phi) is 3.88. The van der Waals surface area contributed by atoms with Crippen LogP contribution >= 0.6 is 15.9 Å². The lowest BCUT2D eigenvalue weighted by Crippen LogP contribution is -2.29. The molecule has 7 heteroatoms. The van der Waals surface area contributed by atoms with Crippen LogP contribution in [0.5, 0.6) is 0 Å². The molecule has 2 aromatic rings. The van der Waals surface area contributed by atoms with Gasteiger partial charge in [0.05, 0.1) is 17.9 Å². The van der Waals surface area contributed by atoms with E-state index in [0.29, 0.717) is 16.4 Å². The van der Waals surface area contributed by atoms with Crippen molar-refractivity contribution in [2.75, 3.05) is 18.4 Å². The Hall–Kier alpha value is -1.60. The third-order valence-electron chi connectivity index (χ3n) is 3.34. The number of carbonyl (C=O) groups is 1. The highest BCUT2D eigenvalue weighted by atomic mass is 79.9. The van der Waals surface area contributed by atoms with E-state index in [2.05, 4.69) is 31.7 Å². The van der Waals surface area contributed by atoms with Crippen LogP contribution in [0, 0.1) is 0 Å². The number of rotatable bonds is 3. The molecule has 0 spiro atoms. The smallest absolute Gasteiger partial charge is 0.291 e. The van der Waals surface area contributed by atoms with E-state index in [0.717, 1.165) is 25.9 Å². The molecule has 1 fully saturated rings. The van der Waals surface area contributed by atoms with Gasteiger partial charge in [0, 0.05) is 6.20 Å². The predicted molar refractivity (Wildman–Crippen MR) is 77.7 cm³/mol. The minimum atomic E-state index is -0.277. The topological polar surface area (TPSA) is 72.1 Å². The van der Waals surface area contributed by atoms with Gasteiger partial charge in [-0.2, -0.15) is 5.10 Å². The highest BCUT2D eigenvalue weighted by Gasteiger charge is 2.17. The quantitative estimate of drug-likeness (QED) is 0.901. The summed E-state index contributed by atoms with van der Waals surface area (Å²) >= 11 is 3.17. The molecule has 0 bridgehead atoms. The molecule has 0 aliphatic carbocycles. The zero-order valence-electron chi connectivity index (χ0n) is 10.8. The molecule has 106 valence electrons. The molecule has 1 amide bonds. The number of aromatic nitrogens is 2. The Labute approximate surface area is 124 Å². The van der Waals surface area contributed by atoms with E-state index in [4.69, 9.17) is 4.42 Å². The van der Waals surface area contributed by atoms with Crippen molar-refractivity contribution in [1.29, 1.82) is 0 Å². The summed E-state index contributed by atoms with van der Waals surface area (Å²) in [6, 6.07) is 3.71. The zero-order chi connectivity index (χ0) is 13.9. The number of nitrogens with one attached hydrogen (secondary N) is 2. The number of amides is 1. The first-order valence-electron chi connectivity index (χ1n) is 6.54. The Morgan fingerprint density at radius 3 is 2.95 bits per heavy atom. The lowest BCUT2D eigenvalue weighted by atomic mass is 10.1. The molecule has 0 unspecified atom stereocenters. The summed E-state index contributed by atoms with van der Waals surface area (Å²) in [4.78, 5) is 11.9. The summed E-state index contributed by atoms with van der Waals surface area (Å²) in [7, 11) is 0. The summed E-state index contributed by atoms with van der Waals surface area (Å²) in [6.45, 7) is 2.01. The van der Waals surface area contributed by atoms with E-state index in [1.807, 2.05) is 10.9 Å². The van der Waals surface area contributed by atoms with E-state index in [1.54, 1.807) is 18.3 Å². The molecule has 2 N–H and O–H groups in total. The molecule has 0 atom stereocenters. The molecule has 1 aliphatic heterocycles. The standard InChI is InChI=1S/C13H15BrN4O2/c14-12-2-1-11(20-12)13(19)17-9-7-16-18(8-9)10-3-5-15-6-4-10/h1-2,7-8,10,15H,3-6H2,(H,17,19). The van der Waals surface area contributed by atoms with Crippen LogP contribution in [0.2, 0.25) is 0 Å². The Morgan fingerprint density at radius 1 is 1.45 bits per heavy atom. The summed E-state index contributed by atoms with van der Waals surface area (Å²) in [6.07, 6.45) is 5.64. The molecule has 1 aliphatic rings. The molecule has 3 rings (SSSR count). The summed E-state index contributed by atoms with van der Waals surface area (Å²) < 4.78 is 7.67. The van der Waals surface area contributed by atoms with Gasteiger partial charge in [-0.3, -0.25) is 9.48 Å². The maximum absolute atomic E-state index is 11.9. The fourth-order valence-corrected chi connectivity index (χ4v) is 2.61. The molecule has 0 aromatic carbocycles. The van der Waals surface area contributed by atoms with Gasteiger partial charge in [-0.25, -0.2) is 0 Å². The van der Waals surface area contributed by atoms with Crippen LogP contribution in [0.4, 0.5) is 5.69 Å². The van der Waals surface area contributed by atoms with Crippen molar-refractivity contribution >= 4 is 27.5 Å². The Morgan fingerprint density at radius 2 is 2.25 bits per heavy atom. The second kappa shape index (κ2) is 5.80. The van der Waals surface area contributed by atoms with E-state index >= 15 is 0 Å². The number of hydrogen-bond donors (Lipinski definition) is 2. The fraction of sp³-hybridized carbons (Fsp3) is 0.385. The largest absolute Gasteiger partial charge is 0.444 e. The Bertz CT molecular complexity index is 601. The number of nitrogens with zero attached hydrogens (tertiary/aromatic N) is 2. The van der Waals surface area contributed by atoms with Gasteiger partial charge in [0.15, 0.2) is 10.4 Å². The number of hydrogen-bond acceptors (Lipinski definition) is 4. The van der Waals surface area contributed by atoms with Crippen molar-refractivity contribution < 1.29 is 9.21 Å². The normalized spacial score (nSPS) is 16.2. The molecule has 0 saturated carbocycles. The van der Waals surface area contributed by atoms with Crippen LogP contribution < -0.4 is 10.6 Å². The van der Waals surface area contributed by atoms with Crippen molar-refractivity contribution in [2.45, 2.75) is 18.9 Å². The average molecular weight is 339 g/mol. The number of halogens is 1. The van der Waals surface area contributed by atoms with Gasteiger partial charge in [-0.05, 0) is 54.0 Å². The first kappa shape index (κ1) is 13.4. The second-order valence-corrected chi connectivity index (χ2v) is 5.53. The maximum Gasteiger partial charge on any atom is 0.291 e. The number of piperidine rings is 1. The second-order valence-electron chi connectivity index (χ2n) is 4.75. The van der Waals surface area contributed by atoms with Crippen LogP contribution in [0.3, 0.4) is 0 Å². The van der Waals surface area contributed by atoms with Crippen molar-refractivity contribution in [3.05, 3.63) is 35.0 Å². The molecule has 20 heavy (non-hydrogen) atoms. The predicted octanol–water partition coefficient (Wildman–Crippen LogP) is 2.42. The van der Waals surface area contributed by atoms with Gasteiger partial charge in [-0.1, -0.05) is 0 Å². The van der Waals surface area contributed by atoms with Crippen LogP contribution in [-0.2, 0) is 0 Å². The van der Waals surface area contributed by atoms with Crippen molar-refractivity contribution in [2.24, 2.45) is 0 Å². The van der Waals surface area contributed by atoms with E-state index in [9.17, 15) is 4.79 Å². The van der Waals surface area contributed by atoms with Crippen LogP contribution in [0.1, 0.15) is 29.4 Å². The first-order valence-corrected chi connectivity index (χ1v) is 7.33. The van der Waals surface area contributed by atoms with Crippen LogP contribution in [-0.4, -0.2) is 28.8 Å². The van der Waals surface area contributed by atoms with Gasteiger partial charge >= 0.3 is 0 Å². The summed E-state index contributed by atoms with van der Waals surface area (Å²) in [5.41, 5.74) is 0.682. The monoisotopic (exact) mass is 338 g/mol. The average Bonchev–Trinajstić information content (AvgIpc) is 3.09. The summed E-state index contributed by atoms with van der Waals surface area (Å²) in [5, 5.41) is 10.4. The van der Waals surface area contributed by atoms with E-state index in [1.165, 1.54) is 0 Å². The first-order chi connectivity index (χ1) is 9.72. The van der Waals surface area contributed by atoms with Crippen molar-refractivity contribution in [1.82, 2.24) is 15.1 Å². The SMILES string of the molecule is O=C(Nc1cnn(C2CCNCC2)c1)c1ccc(Br)o1. The van der Waals surface area contributed by atoms with E-state index < -0.39 is 0 Å². The van der Waals surface area contributed by atoms with Crippen LogP contribution in [0.15, 0.2) is 33.6 Å². The lowest BCUT2D eigenvalue weighted by molar-refractivity contribution is 0.0995.